The smallest absolute Gasteiger partial charge is 0.223 e. The zero-order chi connectivity index (χ0) is 20.7. The molecule has 2 aliphatic rings. The van der Waals surface area contributed by atoms with Gasteiger partial charge in [0.25, 0.3) is 0 Å². The highest BCUT2D eigenvalue weighted by atomic mass is 16.2. The quantitative estimate of drug-likeness (QED) is 0.766. The van der Waals surface area contributed by atoms with Gasteiger partial charge in [0.2, 0.25) is 11.8 Å². The first-order chi connectivity index (χ1) is 14.0. The van der Waals surface area contributed by atoms with Crippen LogP contribution in [0, 0.1) is 5.92 Å². The topological polar surface area (TPSA) is 52.7 Å². The Labute approximate surface area is 175 Å². The molecular weight excluding hydrogens is 362 g/mol. The summed E-state index contributed by atoms with van der Waals surface area (Å²) in [6.45, 7) is 8.81. The number of likely N-dealkylation sites (tertiary alicyclic amines) is 2. The van der Waals surface area contributed by atoms with Crippen molar-refractivity contribution >= 4 is 11.8 Å². The molecule has 0 radical (unpaired) electrons. The van der Waals surface area contributed by atoms with Crippen molar-refractivity contribution in [3.05, 3.63) is 35.9 Å². The summed E-state index contributed by atoms with van der Waals surface area (Å²) in [6.07, 6.45) is 6.71. The number of carbonyl (C=O) groups excluding carboxylic acids is 2. The molecule has 0 unspecified atom stereocenters. The van der Waals surface area contributed by atoms with E-state index in [-0.39, 0.29) is 23.3 Å². The van der Waals surface area contributed by atoms with Gasteiger partial charge in [-0.25, -0.2) is 0 Å². The molecular formula is C24H37N3O2. The first-order valence-corrected chi connectivity index (χ1v) is 11.3. The van der Waals surface area contributed by atoms with Gasteiger partial charge in [0, 0.05) is 37.5 Å². The van der Waals surface area contributed by atoms with Gasteiger partial charge in [-0.3, -0.25) is 14.5 Å². The van der Waals surface area contributed by atoms with Gasteiger partial charge in [-0.05, 0) is 64.6 Å². The molecule has 2 saturated heterocycles. The van der Waals surface area contributed by atoms with Gasteiger partial charge in [-0.15, -0.1) is 0 Å². The molecule has 160 valence electrons. The zero-order valence-electron chi connectivity index (χ0n) is 18.2. The maximum atomic E-state index is 12.7. The number of aryl methyl sites for hydroxylation is 1. The SMILES string of the molecule is CC(C)(CNC(=O)C1CCN(C(=O)CCc2ccccc2)CC1)N1CCCCC1. The average Bonchev–Trinajstić information content (AvgIpc) is 2.77. The highest BCUT2D eigenvalue weighted by Gasteiger charge is 2.31. The maximum absolute atomic E-state index is 12.7. The summed E-state index contributed by atoms with van der Waals surface area (Å²) in [4.78, 5) is 29.6. The molecule has 29 heavy (non-hydrogen) atoms. The van der Waals surface area contributed by atoms with E-state index in [4.69, 9.17) is 0 Å². The van der Waals surface area contributed by atoms with Gasteiger partial charge in [0.05, 0.1) is 0 Å². The van der Waals surface area contributed by atoms with Crippen LogP contribution in [-0.2, 0) is 16.0 Å². The Morgan fingerprint density at radius 3 is 2.31 bits per heavy atom. The number of piperidine rings is 2. The summed E-state index contributed by atoms with van der Waals surface area (Å²) < 4.78 is 0. The second kappa shape index (κ2) is 10.2. The lowest BCUT2D eigenvalue weighted by Gasteiger charge is -2.41. The van der Waals surface area contributed by atoms with E-state index in [9.17, 15) is 9.59 Å². The van der Waals surface area contributed by atoms with Crippen LogP contribution < -0.4 is 5.32 Å². The number of rotatable bonds is 7. The third kappa shape index (κ3) is 6.30. The molecule has 1 N–H and O–H groups in total. The van der Waals surface area contributed by atoms with Crippen LogP contribution in [0.1, 0.15) is 57.9 Å². The molecule has 5 heteroatoms. The summed E-state index contributed by atoms with van der Waals surface area (Å²) in [7, 11) is 0. The Kier molecular flexibility index (Phi) is 7.70. The van der Waals surface area contributed by atoms with Crippen molar-refractivity contribution in [2.24, 2.45) is 5.92 Å². The lowest BCUT2D eigenvalue weighted by Crippen LogP contribution is -2.54. The molecule has 0 aromatic heterocycles. The lowest BCUT2D eigenvalue weighted by molar-refractivity contribution is -0.135. The molecule has 0 aliphatic carbocycles. The van der Waals surface area contributed by atoms with Crippen molar-refractivity contribution in [2.45, 2.75) is 64.3 Å². The van der Waals surface area contributed by atoms with Crippen LogP contribution in [0.2, 0.25) is 0 Å². The highest BCUT2D eigenvalue weighted by Crippen LogP contribution is 2.22. The summed E-state index contributed by atoms with van der Waals surface area (Å²) in [5, 5.41) is 3.20. The Morgan fingerprint density at radius 2 is 1.66 bits per heavy atom. The summed E-state index contributed by atoms with van der Waals surface area (Å²) in [6, 6.07) is 10.1. The fourth-order valence-electron chi connectivity index (χ4n) is 4.50. The van der Waals surface area contributed by atoms with Gasteiger partial charge in [-0.2, -0.15) is 0 Å². The van der Waals surface area contributed by atoms with Crippen LogP contribution in [-0.4, -0.2) is 59.9 Å². The van der Waals surface area contributed by atoms with Crippen molar-refractivity contribution in [2.75, 3.05) is 32.7 Å². The number of benzene rings is 1. The first-order valence-electron chi connectivity index (χ1n) is 11.3. The van der Waals surface area contributed by atoms with Gasteiger partial charge < -0.3 is 10.2 Å². The summed E-state index contributed by atoms with van der Waals surface area (Å²) >= 11 is 0. The van der Waals surface area contributed by atoms with E-state index in [0.29, 0.717) is 26.1 Å². The monoisotopic (exact) mass is 399 g/mol. The van der Waals surface area contributed by atoms with Gasteiger partial charge >= 0.3 is 0 Å². The molecule has 1 aromatic rings. The predicted octanol–water partition coefficient (Wildman–Crippen LogP) is 3.24. The van der Waals surface area contributed by atoms with E-state index in [1.807, 2.05) is 23.1 Å². The predicted molar refractivity (Wildman–Crippen MR) is 117 cm³/mol. The molecule has 0 spiro atoms. The minimum Gasteiger partial charge on any atom is -0.354 e. The minimum absolute atomic E-state index is 0.00415. The number of carbonyl (C=O) groups is 2. The Morgan fingerprint density at radius 1 is 1.00 bits per heavy atom. The minimum atomic E-state index is 0.00415. The Bertz CT molecular complexity index is 660. The number of nitrogens with one attached hydrogen (secondary N) is 1. The molecule has 2 fully saturated rings. The summed E-state index contributed by atoms with van der Waals surface area (Å²) in [5.74, 6) is 0.399. The fraction of sp³-hybridized carbons (Fsp3) is 0.667. The van der Waals surface area contributed by atoms with Crippen LogP contribution in [0.5, 0.6) is 0 Å². The third-order valence-corrected chi connectivity index (χ3v) is 6.60. The average molecular weight is 400 g/mol. The molecule has 1 aromatic carbocycles. The zero-order valence-corrected chi connectivity index (χ0v) is 18.2. The van der Waals surface area contributed by atoms with Gasteiger partial charge in [0.1, 0.15) is 0 Å². The normalized spacial score (nSPS) is 19.2. The van der Waals surface area contributed by atoms with Crippen molar-refractivity contribution in [1.82, 2.24) is 15.1 Å². The van der Waals surface area contributed by atoms with Crippen molar-refractivity contribution in [1.29, 1.82) is 0 Å². The standard InChI is InChI=1S/C24H37N3O2/c1-24(2,27-15-7-4-8-16-27)19-25-23(29)21-13-17-26(18-14-21)22(28)12-11-20-9-5-3-6-10-20/h3,5-6,9-10,21H,4,7-8,11-19H2,1-2H3,(H,25,29). The maximum Gasteiger partial charge on any atom is 0.223 e. The van der Waals surface area contributed by atoms with Gasteiger partial charge in [0.15, 0.2) is 0 Å². The molecule has 0 atom stereocenters. The molecule has 3 rings (SSSR count). The van der Waals surface area contributed by atoms with E-state index in [1.54, 1.807) is 0 Å². The largest absolute Gasteiger partial charge is 0.354 e. The number of hydrogen-bond donors (Lipinski definition) is 1. The van der Waals surface area contributed by atoms with Crippen LogP contribution in [0.25, 0.3) is 0 Å². The van der Waals surface area contributed by atoms with Crippen LogP contribution in [0.4, 0.5) is 0 Å². The van der Waals surface area contributed by atoms with Crippen LogP contribution in [0.3, 0.4) is 0 Å². The number of hydrogen-bond acceptors (Lipinski definition) is 3. The fourth-order valence-corrected chi connectivity index (χ4v) is 4.50. The number of nitrogens with zero attached hydrogens (tertiary/aromatic N) is 2. The molecule has 2 heterocycles. The lowest BCUT2D eigenvalue weighted by atomic mass is 9.94. The van der Waals surface area contributed by atoms with Crippen molar-refractivity contribution < 1.29 is 9.59 Å². The van der Waals surface area contributed by atoms with Crippen molar-refractivity contribution in [3.8, 4) is 0 Å². The Balaban J connectivity index is 1.38. The van der Waals surface area contributed by atoms with Crippen LogP contribution in [0.15, 0.2) is 30.3 Å². The number of amides is 2. The second-order valence-corrected chi connectivity index (χ2v) is 9.22. The van der Waals surface area contributed by atoms with Gasteiger partial charge in [-0.1, -0.05) is 36.8 Å². The third-order valence-electron chi connectivity index (χ3n) is 6.60. The molecule has 0 saturated carbocycles. The van der Waals surface area contributed by atoms with E-state index in [0.717, 1.165) is 32.4 Å². The van der Waals surface area contributed by atoms with E-state index in [1.165, 1.54) is 24.8 Å². The highest BCUT2D eigenvalue weighted by molar-refractivity contribution is 5.80. The first kappa shape index (κ1) is 21.8. The molecule has 2 aliphatic heterocycles. The van der Waals surface area contributed by atoms with Crippen LogP contribution >= 0.6 is 0 Å². The van der Waals surface area contributed by atoms with E-state index in [2.05, 4.69) is 36.2 Å². The van der Waals surface area contributed by atoms with E-state index >= 15 is 0 Å². The Hall–Kier alpha value is -1.88. The summed E-state index contributed by atoms with van der Waals surface area (Å²) in [5.41, 5.74) is 1.20. The molecule has 0 bridgehead atoms. The van der Waals surface area contributed by atoms with E-state index < -0.39 is 0 Å². The molecule has 2 amide bonds. The van der Waals surface area contributed by atoms with Crippen molar-refractivity contribution in [3.63, 3.8) is 0 Å². The second-order valence-electron chi connectivity index (χ2n) is 9.22. The molecule has 5 nitrogen and oxygen atoms in total.